The molecule has 1 nitrogen and oxygen atoms in total. The van der Waals surface area contributed by atoms with Gasteiger partial charge < -0.3 is 5.32 Å². The van der Waals surface area contributed by atoms with E-state index < -0.39 is 0 Å². The van der Waals surface area contributed by atoms with Gasteiger partial charge in [-0.15, -0.1) is 11.3 Å². The molecule has 0 bridgehead atoms. The van der Waals surface area contributed by atoms with Crippen LogP contribution in [0.3, 0.4) is 0 Å². The van der Waals surface area contributed by atoms with Gasteiger partial charge in [-0.2, -0.15) is 0 Å². The van der Waals surface area contributed by atoms with Crippen molar-refractivity contribution in [3.8, 4) is 0 Å². The Kier molecular flexibility index (Phi) is 3.97. The standard InChI is InChI=1S/C14H19NS/c1-3-15-11(2)8-9-12-10-16-14-7-5-4-6-13(12)14/h4-7,10-11,15H,3,8-9H2,1-2H3. The summed E-state index contributed by atoms with van der Waals surface area (Å²) >= 11 is 1.86. The molecule has 0 aliphatic heterocycles. The maximum absolute atomic E-state index is 3.46. The number of hydrogen-bond acceptors (Lipinski definition) is 2. The van der Waals surface area contributed by atoms with E-state index in [4.69, 9.17) is 0 Å². The topological polar surface area (TPSA) is 12.0 Å². The summed E-state index contributed by atoms with van der Waals surface area (Å²) in [7, 11) is 0. The molecular formula is C14H19NS. The second-order valence-electron chi connectivity index (χ2n) is 4.25. The molecule has 1 aromatic heterocycles. The maximum Gasteiger partial charge on any atom is 0.0345 e. The van der Waals surface area contributed by atoms with Crippen LogP contribution in [0.1, 0.15) is 25.8 Å². The van der Waals surface area contributed by atoms with E-state index in [1.807, 2.05) is 11.3 Å². The van der Waals surface area contributed by atoms with E-state index in [0.29, 0.717) is 6.04 Å². The second kappa shape index (κ2) is 5.46. The molecule has 16 heavy (non-hydrogen) atoms. The summed E-state index contributed by atoms with van der Waals surface area (Å²) in [5.41, 5.74) is 1.50. The van der Waals surface area contributed by atoms with Crippen LogP contribution in [0, 0.1) is 0 Å². The Labute approximate surface area is 101 Å². The van der Waals surface area contributed by atoms with Gasteiger partial charge in [0.15, 0.2) is 0 Å². The molecule has 1 aromatic carbocycles. The van der Waals surface area contributed by atoms with Gasteiger partial charge in [-0.3, -0.25) is 0 Å². The highest BCUT2D eigenvalue weighted by atomic mass is 32.1. The van der Waals surface area contributed by atoms with Crippen molar-refractivity contribution in [2.24, 2.45) is 0 Å². The van der Waals surface area contributed by atoms with Crippen LogP contribution < -0.4 is 5.32 Å². The predicted molar refractivity (Wildman–Crippen MR) is 73.3 cm³/mol. The monoisotopic (exact) mass is 233 g/mol. The quantitative estimate of drug-likeness (QED) is 0.827. The average Bonchev–Trinajstić information content (AvgIpc) is 2.70. The van der Waals surface area contributed by atoms with Crippen LogP contribution in [0.25, 0.3) is 10.1 Å². The highest BCUT2D eigenvalue weighted by molar-refractivity contribution is 7.17. The highest BCUT2D eigenvalue weighted by Crippen LogP contribution is 2.26. The van der Waals surface area contributed by atoms with Gasteiger partial charge in [0.05, 0.1) is 0 Å². The van der Waals surface area contributed by atoms with Gasteiger partial charge in [-0.05, 0) is 48.7 Å². The number of nitrogens with one attached hydrogen (secondary N) is 1. The molecule has 1 unspecified atom stereocenters. The van der Waals surface area contributed by atoms with Crippen molar-refractivity contribution in [2.75, 3.05) is 6.54 Å². The van der Waals surface area contributed by atoms with E-state index in [0.717, 1.165) is 6.54 Å². The molecule has 1 heterocycles. The van der Waals surface area contributed by atoms with Gasteiger partial charge in [-0.25, -0.2) is 0 Å². The van der Waals surface area contributed by atoms with Crippen LogP contribution in [0.15, 0.2) is 29.6 Å². The smallest absolute Gasteiger partial charge is 0.0345 e. The number of benzene rings is 1. The summed E-state index contributed by atoms with van der Waals surface area (Å²) in [4.78, 5) is 0. The molecule has 1 atom stereocenters. The van der Waals surface area contributed by atoms with Crippen molar-refractivity contribution in [1.82, 2.24) is 5.32 Å². The van der Waals surface area contributed by atoms with E-state index in [-0.39, 0.29) is 0 Å². The minimum absolute atomic E-state index is 0.615. The lowest BCUT2D eigenvalue weighted by molar-refractivity contribution is 0.531. The van der Waals surface area contributed by atoms with Gasteiger partial charge in [0.25, 0.3) is 0 Å². The molecular weight excluding hydrogens is 214 g/mol. The molecule has 0 radical (unpaired) electrons. The van der Waals surface area contributed by atoms with Crippen molar-refractivity contribution in [1.29, 1.82) is 0 Å². The first-order valence-corrected chi connectivity index (χ1v) is 6.87. The minimum atomic E-state index is 0.615. The molecule has 0 saturated heterocycles. The summed E-state index contributed by atoms with van der Waals surface area (Å²) in [6.07, 6.45) is 2.40. The van der Waals surface area contributed by atoms with E-state index in [9.17, 15) is 0 Å². The third kappa shape index (κ3) is 2.63. The van der Waals surface area contributed by atoms with Crippen LogP contribution in [-0.2, 0) is 6.42 Å². The van der Waals surface area contributed by atoms with Crippen molar-refractivity contribution >= 4 is 21.4 Å². The van der Waals surface area contributed by atoms with Crippen molar-refractivity contribution in [2.45, 2.75) is 32.7 Å². The third-order valence-electron chi connectivity index (χ3n) is 2.96. The van der Waals surface area contributed by atoms with Gasteiger partial charge in [0.1, 0.15) is 0 Å². The first-order valence-electron chi connectivity index (χ1n) is 5.99. The maximum atomic E-state index is 3.46. The molecule has 0 aliphatic rings. The summed E-state index contributed by atoms with van der Waals surface area (Å²) in [6.45, 7) is 5.49. The fraction of sp³-hybridized carbons (Fsp3) is 0.429. The van der Waals surface area contributed by atoms with Gasteiger partial charge in [0.2, 0.25) is 0 Å². The third-order valence-corrected chi connectivity index (χ3v) is 3.97. The van der Waals surface area contributed by atoms with Crippen LogP contribution in [0.2, 0.25) is 0 Å². The molecule has 2 rings (SSSR count). The molecule has 1 N–H and O–H groups in total. The Bertz CT molecular complexity index is 447. The van der Waals surface area contributed by atoms with E-state index in [1.165, 1.54) is 28.5 Å². The summed E-state index contributed by atoms with van der Waals surface area (Å²) in [5.74, 6) is 0. The summed E-state index contributed by atoms with van der Waals surface area (Å²) in [5, 5.41) is 7.21. The van der Waals surface area contributed by atoms with Crippen molar-refractivity contribution in [3.63, 3.8) is 0 Å². The normalized spacial score (nSPS) is 13.1. The first-order chi connectivity index (χ1) is 7.81. The van der Waals surface area contributed by atoms with E-state index in [2.05, 4.69) is 48.8 Å². The molecule has 2 aromatic rings. The van der Waals surface area contributed by atoms with Crippen LogP contribution in [0.5, 0.6) is 0 Å². The number of rotatable bonds is 5. The first kappa shape index (κ1) is 11.6. The lowest BCUT2D eigenvalue weighted by atomic mass is 10.1. The van der Waals surface area contributed by atoms with Crippen LogP contribution >= 0.6 is 11.3 Å². The second-order valence-corrected chi connectivity index (χ2v) is 5.17. The van der Waals surface area contributed by atoms with Gasteiger partial charge >= 0.3 is 0 Å². The molecule has 0 saturated carbocycles. The number of fused-ring (bicyclic) bond motifs is 1. The largest absolute Gasteiger partial charge is 0.315 e. The van der Waals surface area contributed by atoms with Gasteiger partial charge in [-0.1, -0.05) is 25.1 Å². The Balaban J connectivity index is 2.04. The lowest BCUT2D eigenvalue weighted by Gasteiger charge is -2.11. The zero-order valence-electron chi connectivity index (χ0n) is 9.99. The van der Waals surface area contributed by atoms with Gasteiger partial charge in [0, 0.05) is 10.7 Å². The zero-order valence-corrected chi connectivity index (χ0v) is 10.8. The molecule has 0 spiro atoms. The Hall–Kier alpha value is -0.860. The van der Waals surface area contributed by atoms with E-state index >= 15 is 0 Å². The molecule has 86 valence electrons. The average molecular weight is 233 g/mol. The fourth-order valence-corrected chi connectivity index (χ4v) is 3.05. The number of hydrogen-bond donors (Lipinski definition) is 1. The summed E-state index contributed by atoms with van der Waals surface area (Å²) < 4.78 is 1.41. The molecule has 0 amide bonds. The van der Waals surface area contributed by atoms with Crippen molar-refractivity contribution < 1.29 is 0 Å². The Morgan fingerprint density at radius 2 is 2.12 bits per heavy atom. The molecule has 2 heteroatoms. The molecule has 0 fully saturated rings. The summed E-state index contributed by atoms with van der Waals surface area (Å²) in [6, 6.07) is 9.30. The molecule has 0 aliphatic carbocycles. The lowest BCUT2D eigenvalue weighted by Crippen LogP contribution is -2.25. The fourth-order valence-electron chi connectivity index (χ4n) is 2.05. The Morgan fingerprint density at radius 3 is 2.94 bits per heavy atom. The SMILES string of the molecule is CCNC(C)CCc1csc2ccccc12. The van der Waals surface area contributed by atoms with Crippen molar-refractivity contribution in [3.05, 3.63) is 35.2 Å². The van der Waals surface area contributed by atoms with Crippen LogP contribution in [0.4, 0.5) is 0 Å². The zero-order chi connectivity index (χ0) is 11.4. The number of aryl methyl sites for hydroxylation is 1. The number of thiophene rings is 1. The highest BCUT2D eigenvalue weighted by Gasteiger charge is 2.05. The minimum Gasteiger partial charge on any atom is -0.315 e. The van der Waals surface area contributed by atoms with E-state index in [1.54, 1.807) is 0 Å². The predicted octanol–water partition coefficient (Wildman–Crippen LogP) is 3.83. The Morgan fingerprint density at radius 1 is 1.31 bits per heavy atom. The van der Waals surface area contributed by atoms with Crippen LogP contribution in [-0.4, -0.2) is 12.6 Å².